The lowest BCUT2D eigenvalue weighted by Gasteiger charge is -2.48. The molecule has 2 unspecified atom stereocenters. The van der Waals surface area contributed by atoms with Gasteiger partial charge in [0.2, 0.25) is 0 Å². The van der Waals surface area contributed by atoms with Crippen molar-refractivity contribution in [3.8, 4) is 0 Å². The molecular weight excluding hydrogens is 232 g/mol. The maximum atomic E-state index is 6.18. The molecule has 1 saturated carbocycles. The minimum atomic E-state index is 0.195. The van der Waals surface area contributed by atoms with Gasteiger partial charge in [0.05, 0.1) is 0 Å². The van der Waals surface area contributed by atoms with E-state index >= 15 is 0 Å². The van der Waals surface area contributed by atoms with Crippen LogP contribution >= 0.6 is 0 Å². The Labute approximate surface area is 118 Å². The van der Waals surface area contributed by atoms with Gasteiger partial charge in [-0.3, -0.25) is 4.90 Å². The summed E-state index contributed by atoms with van der Waals surface area (Å²) in [6, 6.07) is 8.68. The molecule has 0 heterocycles. The van der Waals surface area contributed by atoms with E-state index in [0.29, 0.717) is 5.92 Å². The highest BCUT2D eigenvalue weighted by molar-refractivity contribution is 5.25. The summed E-state index contributed by atoms with van der Waals surface area (Å²) in [4.78, 5) is 2.51. The smallest absolute Gasteiger partial charge is 0.0357 e. The summed E-state index contributed by atoms with van der Waals surface area (Å²) in [6.45, 7) is 6.35. The molecule has 0 amide bonds. The minimum absolute atomic E-state index is 0.195. The lowest BCUT2D eigenvalue weighted by molar-refractivity contribution is 0.0277. The Morgan fingerprint density at radius 3 is 2.68 bits per heavy atom. The van der Waals surface area contributed by atoms with E-state index in [2.05, 4.69) is 50.1 Å². The molecule has 0 spiro atoms. The van der Waals surface area contributed by atoms with Crippen molar-refractivity contribution in [1.82, 2.24) is 4.90 Å². The monoisotopic (exact) mass is 260 g/mol. The zero-order valence-electron chi connectivity index (χ0n) is 12.7. The van der Waals surface area contributed by atoms with Gasteiger partial charge in [0, 0.05) is 18.6 Å². The molecule has 19 heavy (non-hydrogen) atoms. The quantitative estimate of drug-likeness (QED) is 0.899. The van der Waals surface area contributed by atoms with Gasteiger partial charge in [-0.25, -0.2) is 0 Å². The summed E-state index contributed by atoms with van der Waals surface area (Å²) in [7, 11) is 2.25. The number of hydrogen-bond acceptors (Lipinski definition) is 2. The summed E-state index contributed by atoms with van der Waals surface area (Å²) in [5.41, 5.74) is 9.18. The molecule has 1 aliphatic carbocycles. The van der Waals surface area contributed by atoms with Crippen molar-refractivity contribution in [2.45, 2.75) is 51.6 Å². The standard InChI is InChI=1S/C17H28N2/c1-14-8-4-5-10-16(14)12-19(3)17(13-18)11-7-6-9-15(17)2/h4-5,8,10,15H,6-7,9,11-13,18H2,1-3H3. The molecular formula is C17H28N2. The zero-order chi connectivity index (χ0) is 13.9. The molecule has 0 radical (unpaired) electrons. The molecule has 0 bridgehead atoms. The summed E-state index contributed by atoms with van der Waals surface area (Å²) in [5, 5.41) is 0. The Balaban J connectivity index is 2.17. The SMILES string of the molecule is Cc1ccccc1CN(C)C1(CN)CCCCC1C. The highest BCUT2D eigenvalue weighted by atomic mass is 15.2. The van der Waals surface area contributed by atoms with Crippen molar-refractivity contribution >= 4 is 0 Å². The first kappa shape index (κ1) is 14.5. The van der Waals surface area contributed by atoms with E-state index in [1.807, 2.05) is 0 Å². The van der Waals surface area contributed by atoms with Crippen molar-refractivity contribution in [2.24, 2.45) is 11.7 Å². The molecule has 2 heteroatoms. The van der Waals surface area contributed by atoms with Crippen molar-refractivity contribution in [1.29, 1.82) is 0 Å². The van der Waals surface area contributed by atoms with Crippen molar-refractivity contribution in [2.75, 3.05) is 13.6 Å². The van der Waals surface area contributed by atoms with Crippen LogP contribution in [0, 0.1) is 12.8 Å². The average molecular weight is 260 g/mol. The predicted octanol–water partition coefficient (Wildman–Crippen LogP) is 3.33. The fourth-order valence-electron chi connectivity index (χ4n) is 3.62. The van der Waals surface area contributed by atoms with Crippen molar-refractivity contribution < 1.29 is 0 Å². The Morgan fingerprint density at radius 2 is 2.05 bits per heavy atom. The van der Waals surface area contributed by atoms with E-state index in [1.54, 1.807) is 0 Å². The van der Waals surface area contributed by atoms with Crippen molar-refractivity contribution in [3.05, 3.63) is 35.4 Å². The second-order valence-electron chi connectivity index (χ2n) is 6.24. The van der Waals surface area contributed by atoms with Crippen LogP contribution in [0.4, 0.5) is 0 Å². The first-order chi connectivity index (χ1) is 9.10. The van der Waals surface area contributed by atoms with E-state index in [4.69, 9.17) is 5.73 Å². The Hall–Kier alpha value is -0.860. The van der Waals surface area contributed by atoms with Gasteiger partial charge < -0.3 is 5.73 Å². The van der Waals surface area contributed by atoms with Gasteiger partial charge in [0.25, 0.3) is 0 Å². The fourth-order valence-corrected chi connectivity index (χ4v) is 3.62. The first-order valence-electron chi connectivity index (χ1n) is 7.56. The number of nitrogens with two attached hydrogens (primary N) is 1. The van der Waals surface area contributed by atoms with Gasteiger partial charge in [-0.15, -0.1) is 0 Å². The van der Waals surface area contributed by atoms with E-state index in [9.17, 15) is 0 Å². The lowest BCUT2D eigenvalue weighted by Crippen LogP contribution is -2.57. The van der Waals surface area contributed by atoms with E-state index in [-0.39, 0.29) is 5.54 Å². The largest absolute Gasteiger partial charge is 0.329 e. The van der Waals surface area contributed by atoms with Gasteiger partial charge in [-0.2, -0.15) is 0 Å². The van der Waals surface area contributed by atoms with E-state index in [0.717, 1.165) is 13.1 Å². The van der Waals surface area contributed by atoms with Crippen LogP contribution in [0.2, 0.25) is 0 Å². The van der Waals surface area contributed by atoms with Crippen LogP contribution in [0.5, 0.6) is 0 Å². The molecule has 2 nitrogen and oxygen atoms in total. The van der Waals surface area contributed by atoms with Gasteiger partial charge in [0.15, 0.2) is 0 Å². The normalized spacial score (nSPS) is 27.7. The van der Waals surface area contributed by atoms with Crippen molar-refractivity contribution in [3.63, 3.8) is 0 Å². The number of rotatable bonds is 4. The summed E-state index contributed by atoms with van der Waals surface area (Å²) in [5.74, 6) is 0.695. The number of likely N-dealkylation sites (N-methyl/N-ethyl adjacent to an activating group) is 1. The molecule has 1 aromatic rings. The number of aryl methyl sites for hydroxylation is 1. The molecule has 106 valence electrons. The van der Waals surface area contributed by atoms with Gasteiger partial charge in [-0.1, -0.05) is 44.0 Å². The third-order valence-electron chi connectivity index (χ3n) is 5.20. The van der Waals surface area contributed by atoms with Crippen LogP contribution in [-0.2, 0) is 6.54 Å². The molecule has 0 saturated heterocycles. The molecule has 2 atom stereocenters. The molecule has 2 N–H and O–H groups in total. The maximum absolute atomic E-state index is 6.18. The summed E-state index contributed by atoms with van der Waals surface area (Å²) < 4.78 is 0. The molecule has 2 rings (SSSR count). The number of hydrogen-bond donors (Lipinski definition) is 1. The van der Waals surface area contributed by atoms with Crippen LogP contribution in [0.1, 0.15) is 43.7 Å². The highest BCUT2D eigenvalue weighted by Crippen LogP contribution is 2.37. The lowest BCUT2D eigenvalue weighted by atomic mass is 9.72. The van der Waals surface area contributed by atoms with Crippen LogP contribution in [-0.4, -0.2) is 24.0 Å². The third kappa shape index (κ3) is 2.85. The zero-order valence-corrected chi connectivity index (χ0v) is 12.7. The Bertz CT molecular complexity index is 415. The Morgan fingerprint density at radius 1 is 1.32 bits per heavy atom. The summed E-state index contributed by atoms with van der Waals surface area (Å²) >= 11 is 0. The summed E-state index contributed by atoms with van der Waals surface area (Å²) in [6.07, 6.45) is 5.24. The van der Waals surface area contributed by atoms with Crippen LogP contribution in [0.3, 0.4) is 0 Å². The molecule has 0 aromatic heterocycles. The van der Waals surface area contributed by atoms with Gasteiger partial charge in [0.1, 0.15) is 0 Å². The number of benzene rings is 1. The van der Waals surface area contributed by atoms with Gasteiger partial charge in [-0.05, 0) is 43.9 Å². The fraction of sp³-hybridized carbons (Fsp3) is 0.647. The topological polar surface area (TPSA) is 29.3 Å². The molecule has 1 fully saturated rings. The molecule has 0 aliphatic heterocycles. The number of nitrogens with zero attached hydrogens (tertiary/aromatic N) is 1. The van der Waals surface area contributed by atoms with Crippen LogP contribution in [0.25, 0.3) is 0 Å². The highest BCUT2D eigenvalue weighted by Gasteiger charge is 2.40. The van der Waals surface area contributed by atoms with Gasteiger partial charge >= 0.3 is 0 Å². The van der Waals surface area contributed by atoms with E-state index < -0.39 is 0 Å². The maximum Gasteiger partial charge on any atom is 0.0357 e. The minimum Gasteiger partial charge on any atom is -0.329 e. The van der Waals surface area contributed by atoms with Crippen LogP contribution in [0.15, 0.2) is 24.3 Å². The molecule has 1 aromatic carbocycles. The third-order valence-corrected chi connectivity index (χ3v) is 5.20. The molecule has 1 aliphatic rings. The van der Waals surface area contributed by atoms with E-state index in [1.165, 1.54) is 36.8 Å². The average Bonchev–Trinajstić information content (AvgIpc) is 2.42. The second kappa shape index (κ2) is 6.06. The Kier molecular flexibility index (Phi) is 4.64. The first-order valence-corrected chi connectivity index (χ1v) is 7.56. The second-order valence-corrected chi connectivity index (χ2v) is 6.24. The predicted molar refractivity (Wildman–Crippen MR) is 82.1 cm³/mol. The van der Waals surface area contributed by atoms with Crippen LogP contribution < -0.4 is 5.73 Å².